The second kappa shape index (κ2) is 5.98. The van der Waals surface area contributed by atoms with Gasteiger partial charge in [0.1, 0.15) is 0 Å². The number of aliphatic carboxylic acids is 1. The van der Waals surface area contributed by atoms with Gasteiger partial charge in [0.25, 0.3) is 0 Å². The summed E-state index contributed by atoms with van der Waals surface area (Å²) in [5.74, 6) is -0.810. The molecule has 0 radical (unpaired) electrons. The normalized spacial score (nSPS) is 8.40. The summed E-state index contributed by atoms with van der Waals surface area (Å²) in [6, 6.07) is 0. The smallest absolute Gasteiger partial charge is 0.303 e. The zero-order valence-electron chi connectivity index (χ0n) is 5.54. The van der Waals surface area contributed by atoms with Crippen molar-refractivity contribution in [1.29, 1.82) is 0 Å². The third-order valence-electron chi connectivity index (χ3n) is 0.975. The van der Waals surface area contributed by atoms with E-state index in [4.69, 9.17) is 5.11 Å². The van der Waals surface area contributed by atoms with Crippen LogP contribution in [-0.4, -0.2) is 23.7 Å². The Kier molecular flexibility index (Phi) is 5.29. The van der Waals surface area contributed by atoms with Crippen LogP contribution in [0.1, 0.15) is 19.3 Å². The van der Waals surface area contributed by atoms with Gasteiger partial charge in [0.2, 0.25) is 6.08 Å². The van der Waals surface area contributed by atoms with E-state index in [-0.39, 0.29) is 6.42 Å². The van der Waals surface area contributed by atoms with Gasteiger partial charge < -0.3 is 5.11 Å². The topological polar surface area (TPSA) is 66.7 Å². The lowest BCUT2D eigenvalue weighted by molar-refractivity contribution is -0.137. The second-order valence-corrected chi connectivity index (χ2v) is 1.82. The first-order chi connectivity index (χ1) is 4.77. The third-order valence-corrected chi connectivity index (χ3v) is 0.975. The number of carbonyl (C=O) groups is 1. The number of rotatable bonds is 5. The van der Waals surface area contributed by atoms with Crippen LogP contribution < -0.4 is 0 Å². The molecule has 0 unspecified atom stereocenters. The van der Waals surface area contributed by atoms with Gasteiger partial charge in [0.05, 0.1) is 6.54 Å². The lowest BCUT2D eigenvalue weighted by Crippen LogP contribution is -1.94. The Bertz CT molecular complexity index is 145. The molecule has 4 heteroatoms. The van der Waals surface area contributed by atoms with Crippen molar-refractivity contribution < 1.29 is 14.7 Å². The van der Waals surface area contributed by atoms with E-state index in [0.29, 0.717) is 19.4 Å². The van der Waals surface area contributed by atoms with Gasteiger partial charge in [-0.15, -0.1) is 0 Å². The van der Waals surface area contributed by atoms with Gasteiger partial charge >= 0.3 is 5.97 Å². The van der Waals surface area contributed by atoms with Crippen molar-refractivity contribution in [3.63, 3.8) is 0 Å². The maximum absolute atomic E-state index is 9.92. The highest BCUT2D eigenvalue weighted by Gasteiger charge is 1.94. The average molecular weight is 143 g/mol. The summed E-state index contributed by atoms with van der Waals surface area (Å²) in [5.41, 5.74) is 0. The molecule has 0 saturated carbocycles. The Balaban J connectivity index is 3.05. The van der Waals surface area contributed by atoms with E-state index < -0.39 is 5.97 Å². The molecule has 0 aliphatic carbocycles. The van der Waals surface area contributed by atoms with Gasteiger partial charge in [-0.1, -0.05) is 0 Å². The number of carbonyl (C=O) groups excluding carboxylic acids is 1. The highest BCUT2D eigenvalue weighted by molar-refractivity contribution is 5.66. The average Bonchev–Trinajstić information content (AvgIpc) is 1.87. The van der Waals surface area contributed by atoms with Gasteiger partial charge in [-0.3, -0.25) is 4.79 Å². The van der Waals surface area contributed by atoms with Crippen LogP contribution in [0.25, 0.3) is 0 Å². The fourth-order valence-corrected chi connectivity index (χ4v) is 0.513. The molecule has 0 saturated heterocycles. The van der Waals surface area contributed by atoms with E-state index >= 15 is 0 Å². The van der Waals surface area contributed by atoms with E-state index in [1.165, 1.54) is 6.08 Å². The summed E-state index contributed by atoms with van der Waals surface area (Å²) < 4.78 is 0. The molecule has 0 aliphatic rings. The molecule has 0 spiro atoms. The predicted octanol–water partition coefficient (Wildman–Crippen LogP) is 0.577. The summed E-state index contributed by atoms with van der Waals surface area (Å²) >= 11 is 0. The summed E-state index contributed by atoms with van der Waals surface area (Å²) in [6.07, 6.45) is 2.74. The number of hydrogen-bond acceptors (Lipinski definition) is 3. The maximum Gasteiger partial charge on any atom is 0.303 e. The molecule has 4 nitrogen and oxygen atoms in total. The minimum absolute atomic E-state index is 0.147. The summed E-state index contributed by atoms with van der Waals surface area (Å²) in [7, 11) is 0. The first-order valence-electron chi connectivity index (χ1n) is 3.03. The highest BCUT2D eigenvalue weighted by Crippen LogP contribution is 1.94. The Morgan fingerprint density at radius 2 is 2.20 bits per heavy atom. The third kappa shape index (κ3) is 6.85. The van der Waals surface area contributed by atoms with Crippen molar-refractivity contribution in [2.24, 2.45) is 4.99 Å². The molecule has 56 valence electrons. The zero-order chi connectivity index (χ0) is 7.82. The molecule has 0 rings (SSSR count). The minimum atomic E-state index is -0.810. The fraction of sp³-hybridized carbons (Fsp3) is 0.667. The number of unbranched alkanes of at least 4 members (excludes halogenated alkanes) is 1. The second-order valence-electron chi connectivity index (χ2n) is 1.82. The molecule has 0 aromatic carbocycles. The van der Waals surface area contributed by atoms with Crippen LogP contribution in [0.2, 0.25) is 0 Å². The molecule has 0 amide bonds. The van der Waals surface area contributed by atoms with Crippen molar-refractivity contribution in [2.45, 2.75) is 19.3 Å². The van der Waals surface area contributed by atoms with E-state index in [1.807, 2.05) is 0 Å². The number of carboxylic acid groups (broad SMARTS) is 1. The Hall–Kier alpha value is -1.15. The van der Waals surface area contributed by atoms with Crippen LogP contribution in [0.3, 0.4) is 0 Å². The van der Waals surface area contributed by atoms with E-state index in [0.717, 1.165) is 0 Å². The summed E-state index contributed by atoms with van der Waals surface area (Å²) in [5, 5.41) is 8.16. The van der Waals surface area contributed by atoms with Crippen LogP contribution in [0.4, 0.5) is 0 Å². The summed E-state index contributed by atoms with van der Waals surface area (Å²) in [6.45, 7) is 0.386. The van der Waals surface area contributed by atoms with Crippen molar-refractivity contribution in [3.8, 4) is 0 Å². The molecule has 0 heterocycles. The van der Waals surface area contributed by atoms with E-state index in [1.54, 1.807) is 0 Å². The van der Waals surface area contributed by atoms with Crippen molar-refractivity contribution in [1.82, 2.24) is 0 Å². The van der Waals surface area contributed by atoms with Gasteiger partial charge in [-0.05, 0) is 12.8 Å². The summed E-state index contributed by atoms with van der Waals surface area (Å²) in [4.78, 5) is 22.7. The van der Waals surface area contributed by atoms with Crippen LogP contribution in [0, 0.1) is 0 Å². The SMILES string of the molecule is O=C=NCCCCC(=O)O. The number of nitrogens with zero attached hydrogens (tertiary/aromatic N) is 1. The van der Waals surface area contributed by atoms with Gasteiger partial charge in [-0.25, -0.2) is 9.79 Å². The lowest BCUT2D eigenvalue weighted by Gasteiger charge is -1.89. The lowest BCUT2D eigenvalue weighted by atomic mass is 10.2. The Labute approximate surface area is 58.6 Å². The number of isocyanates is 1. The largest absolute Gasteiger partial charge is 0.481 e. The predicted molar refractivity (Wildman–Crippen MR) is 34.5 cm³/mol. The number of hydrogen-bond donors (Lipinski definition) is 1. The molecule has 0 aliphatic heterocycles. The number of aliphatic imine (C=N–C) groups is 1. The molecule has 0 bridgehead atoms. The molecule has 0 atom stereocenters. The fourth-order valence-electron chi connectivity index (χ4n) is 0.513. The molecular weight excluding hydrogens is 134 g/mol. The quantitative estimate of drug-likeness (QED) is 0.347. The zero-order valence-corrected chi connectivity index (χ0v) is 5.54. The number of carboxylic acids is 1. The molecule has 0 aromatic rings. The Morgan fingerprint density at radius 3 is 2.70 bits per heavy atom. The molecular formula is C6H9NO3. The maximum atomic E-state index is 9.92. The minimum Gasteiger partial charge on any atom is -0.481 e. The van der Waals surface area contributed by atoms with Gasteiger partial charge in [0, 0.05) is 6.42 Å². The van der Waals surface area contributed by atoms with E-state index in [9.17, 15) is 9.59 Å². The van der Waals surface area contributed by atoms with Gasteiger partial charge in [0.15, 0.2) is 0 Å². The Morgan fingerprint density at radius 1 is 1.50 bits per heavy atom. The van der Waals surface area contributed by atoms with Gasteiger partial charge in [-0.2, -0.15) is 0 Å². The molecule has 0 fully saturated rings. The molecule has 10 heavy (non-hydrogen) atoms. The van der Waals surface area contributed by atoms with Crippen LogP contribution >= 0.6 is 0 Å². The van der Waals surface area contributed by atoms with Crippen LogP contribution in [0.15, 0.2) is 4.99 Å². The van der Waals surface area contributed by atoms with Crippen LogP contribution in [0.5, 0.6) is 0 Å². The monoisotopic (exact) mass is 143 g/mol. The van der Waals surface area contributed by atoms with Crippen molar-refractivity contribution in [2.75, 3.05) is 6.54 Å². The highest BCUT2D eigenvalue weighted by atomic mass is 16.4. The van der Waals surface area contributed by atoms with Crippen molar-refractivity contribution in [3.05, 3.63) is 0 Å². The molecule has 0 aromatic heterocycles. The molecule has 1 N–H and O–H groups in total. The van der Waals surface area contributed by atoms with Crippen molar-refractivity contribution >= 4 is 12.0 Å². The first kappa shape index (κ1) is 8.85. The first-order valence-corrected chi connectivity index (χ1v) is 3.03. The van der Waals surface area contributed by atoms with E-state index in [2.05, 4.69) is 4.99 Å². The standard InChI is InChI=1S/C6H9NO3/c8-5-7-4-2-1-3-6(9)10/h1-4H2,(H,9,10). The van der Waals surface area contributed by atoms with Crippen LogP contribution in [-0.2, 0) is 9.59 Å².